The van der Waals surface area contributed by atoms with Gasteiger partial charge in [-0.25, -0.2) is 16.8 Å². The van der Waals surface area contributed by atoms with Gasteiger partial charge in [0.2, 0.25) is 20.0 Å². The predicted molar refractivity (Wildman–Crippen MR) is 109 cm³/mol. The molecule has 3 rings (SSSR count). The average molecular weight is 423 g/mol. The van der Waals surface area contributed by atoms with E-state index in [4.69, 9.17) is 0 Å². The molecule has 1 fully saturated rings. The van der Waals surface area contributed by atoms with Crippen LogP contribution in [0.4, 0.5) is 0 Å². The van der Waals surface area contributed by atoms with Crippen LogP contribution >= 0.6 is 0 Å². The van der Waals surface area contributed by atoms with Crippen molar-refractivity contribution in [1.82, 2.24) is 8.61 Å². The highest BCUT2D eigenvalue weighted by molar-refractivity contribution is 7.89. The van der Waals surface area contributed by atoms with Crippen molar-refractivity contribution >= 4 is 20.0 Å². The molecule has 1 atom stereocenters. The van der Waals surface area contributed by atoms with E-state index >= 15 is 0 Å². The Morgan fingerprint density at radius 2 is 1.57 bits per heavy atom. The fourth-order valence-corrected chi connectivity index (χ4v) is 6.16. The average Bonchev–Trinajstić information content (AvgIpc) is 2.69. The Hall–Kier alpha value is -1.74. The molecule has 1 heterocycles. The van der Waals surface area contributed by atoms with Gasteiger partial charge in [0.05, 0.1) is 9.79 Å². The molecule has 0 radical (unpaired) electrons. The van der Waals surface area contributed by atoms with Gasteiger partial charge in [-0.05, 0) is 48.6 Å². The number of piperidine rings is 1. The van der Waals surface area contributed by atoms with Crippen LogP contribution in [-0.4, -0.2) is 45.6 Å². The van der Waals surface area contributed by atoms with Crippen LogP contribution in [0.2, 0.25) is 0 Å². The zero-order valence-corrected chi connectivity index (χ0v) is 17.8. The lowest BCUT2D eigenvalue weighted by Gasteiger charge is -2.30. The second kappa shape index (κ2) is 8.32. The van der Waals surface area contributed by atoms with E-state index in [-0.39, 0.29) is 16.3 Å². The minimum atomic E-state index is -3.71. The molecule has 0 N–H and O–H groups in total. The summed E-state index contributed by atoms with van der Waals surface area (Å²) in [6.45, 7) is 3.30. The van der Waals surface area contributed by atoms with Crippen LogP contribution in [0.5, 0.6) is 0 Å². The van der Waals surface area contributed by atoms with Crippen LogP contribution in [0.25, 0.3) is 0 Å². The molecule has 0 aromatic heterocycles. The highest BCUT2D eigenvalue weighted by Gasteiger charge is 2.29. The van der Waals surface area contributed by atoms with Gasteiger partial charge in [0.25, 0.3) is 0 Å². The Balaban J connectivity index is 1.79. The molecule has 8 heteroatoms. The first-order valence-electron chi connectivity index (χ1n) is 9.32. The van der Waals surface area contributed by atoms with Crippen molar-refractivity contribution in [1.29, 1.82) is 0 Å². The van der Waals surface area contributed by atoms with Crippen molar-refractivity contribution in [3.63, 3.8) is 0 Å². The van der Waals surface area contributed by atoms with E-state index in [1.54, 1.807) is 0 Å². The molecule has 0 saturated carbocycles. The third kappa shape index (κ3) is 4.46. The Labute approximate surface area is 167 Å². The first-order valence-corrected chi connectivity index (χ1v) is 12.2. The molecule has 28 heavy (non-hydrogen) atoms. The fourth-order valence-electron chi connectivity index (χ4n) is 3.40. The fraction of sp³-hybridized carbons (Fsp3) is 0.400. The summed E-state index contributed by atoms with van der Waals surface area (Å²) >= 11 is 0. The molecule has 1 aliphatic rings. The van der Waals surface area contributed by atoms with Crippen molar-refractivity contribution in [3.05, 3.63) is 60.2 Å². The van der Waals surface area contributed by atoms with Gasteiger partial charge in [0.1, 0.15) is 0 Å². The van der Waals surface area contributed by atoms with Crippen LogP contribution in [-0.2, 0) is 26.6 Å². The van der Waals surface area contributed by atoms with Crippen molar-refractivity contribution < 1.29 is 16.8 Å². The van der Waals surface area contributed by atoms with Crippen LogP contribution < -0.4 is 0 Å². The van der Waals surface area contributed by atoms with Crippen LogP contribution in [0, 0.1) is 5.92 Å². The zero-order valence-electron chi connectivity index (χ0n) is 16.2. The van der Waals surface area contributed by atoms with E-state index in [9.17, 15) is 16.8 Å². The summed E-state index contributed by atoms with van der Waals surface area (Å²) in [7, 11) is -5.79. The monoisotopic (exact) mass is 422 g/mol. The highest BCUT2D eigenvalue weighted by Crippen LogP contribution is 2.25. The van der Waals surface area contributed by atoms with Gasteiger partial charge in [0.15, 0.2) is 0 Å². The highest BCUT2D eigenvalue weighted by atomic mass is 32.2. The number of sulfonamides is 2. The van der Waals surface area contributed by atoms with E-state index in [2.05, 4.69) is 0 Å². The third-order valence-electron chi connectivity index (χ3n) is 5.04. The van der Waals surface area contributed by atoms with Crippen LogP contribution in [0.15, 0.2) is 64.4 Å². The maximum Gasteiger partial charge on any atom is 0.243 e. The number of benzene rings is 2. The van der Waals surface area contributed by atoms with Crippen molar-refractivity contribution in [2.75, 3.05) is 20.1 Å². The predicted octanol–water partition coefficient (Wildman–Crippen LogP) is 2.93. The standard InChI is InChI=1S/C20H26N2O4S2/c1-17-7-6-14-22(15-17)28(25,26)20-12-10-19(11-13-20)27(23,24)21(2)16-18-8-4-3-5-9-18/h3-5,8-13,17H,6-7,14-16H2,1-2H3/t17-/m0/s1. The van der Waals surface area contributed by atoms with E-state index in [1.165, 1.54) is 39.9 Å². The summed E-state index contributed by atoms with van der Waals surface area (Å²) in [6, 6.07) is 14.8. The summed E-state index contributed by atoms with van der Waals surface area (Å²) < 4.78 is 54.0. The molecule has 1 saturated heterocycles. The molecular formula is C20H26N2O4S2. The SMILES string of the molecule is C[C@H]1CCCN(S(=O)(=O)c2ccc(S(=O)(=O)N(C)Cc3ccccc3)cc2)C1. The lowest BCUT2D eigenvalue weighted by molar-refractivity contribution is 0.281. The zero-order chi connectivity index (χ0) is 20.4. The van der Waals surface area contributed by atoms with E-state index < -0.39 is 20.0 Å². The Morgan fingerprint density at radius 3 is 2.18 bits per heavy atom. The minimum Gasteiger partial charge on any atom is -0.207 e. The lowest BCUT2D eigenvalue weighted by atomic mass is 10.0. The quantitative estimate of drug-likeness (QED) is 0.717. The molecule has 0 aliphatic carbocycles. The molecule has 0 amide bonds. The van der Waals surface area contributed by atoms with Gasteiger partial charge >= 0.3 is 0 Å². The number of hydrogen-bond donors (Lipinski definition) is 0. The molecule has 0 unspecified atom stereocenters. The van der Waals surface area contributed by atoms with Crippen molar-refractivity contribution in [2.45, 2.75) is 36.1 Å². The molecule has 2 aromatic rings. The normalized spacial score (nSPS) is 19.0. The number of nitrogens with zero attached hydrogens (tertiary/aromatic N) is 2. The Bertz CT molecular complexity index is 1000. The van der Waals surface area contributed by atoms with Gasteiger partial charge < -0.3 is 0 Å². The summed E-state index contributed by atoms with van der Waals surface area (Å²) in [5, 5.41) is 0. The van der Waals surface area contributed by atoms with E-state index in [0.717, 1.165) is 18.4 Å². The molecule has 6 nitrogen and oxygen atoms in total. The van der Waals surface area contributed by atoms with E-state index in [0.29, 0.717) is 19.0 Å². The summed E-state index contributed by atoms with van der Waals surface area (Å²) in [5.41, 5.74) is 0.881. The molecule has 1 aliphatic heterocycles. The maximum absolute atomic E-state index is 12.8. The van der Waals surface area contributed by atoms with E-state index in [1.807, 2.05) is 37.3 Å². The number of rotatable bonds is 6. The molecule has 2 aromatic carbocycles. The topological polar surface area (TPSA) is 74.8 Å². The third-order valence-corrected chi connectivity index (χ3v) is 8.73. The van der Waals surface area contributed by atoms with Gasteiger partial charge in [-0.2, -0.15) is 8.61 Å². The molecule has 152 valence electrons. The van der Waals surface area contributed by atoms with Crippen LogP contribution in [0.3, 0.4) is 0 Å². The molecule has 0 bridgehead atoms. The lowest BCUT2D eigenvalue weighted by Crippen LogP contribution is -2.39. The molecular weight excluding hydrogens is 396 g/mol. The van der Waals surface area contributed by atoms with Gasteiger partial charge in [-0.3, -0.25) is 0 Å². The minimum absolute atomic E-state index is 0.0805. The van der Waals surface area contributed by atoms with Gasteiger partial charge in [0, 0.05) is 26.7 Å². The summed E-state index contributed by atoms with van der Waals surface area (Å²) in [6.07, 6.45) is 1.87. The second-order valence-electron chi connectivity index (χ2n) is 7.33. The first-order chi connectivity index (χ1) is 13.2. The second-order valence-corrected chi connectivity index (χ2v) is 11.3. The Kier molecular flexibility index (Phi) is 6.24. The van der Waals surface area contributed by atoms with Crippen molar-refractivity contribution in [3.8, 4) is 0 Å². The summed E-state index contributed by atoms with van der Waals surface area (Å²) in [4.78, 5) is 0.211. The van der Waals surface area contributed by atoms with Gasteiger partial charge in [-0.1, -0.05) is 37.3 Å². The molecule has 0 spiro atoms. The largest absolute Gasteiger partial charge is 0.243 e. The van der Waals surface area contributed by atoms with Gasteiger partial charge in [-0.15, -0.1) is 0 Å². The smallest absolute Gasteiger partial charge is 0.207 e. The summed E-state index contributed by atoms with van der Waals surface area (Å²) in [5.74, 6) is 0.329. The first kappa shape index (κ1) is 21.0. The van der Waals surface area contributed by atoms with Crippen molar-refractivity contribution in [2.24, 2.45) is 5.92 Å². The Morgan fingerprint density at radius 1 is 0.964 bits per heavy atom. The maximum atomic E-state index is 12.8. The number of hydrogen-bond acceptors (Lipinski definition) is 4. The van der Waals surface area contributed by atoms with Crippen LogP contribution in [0.1, 0.15) is 25.3 Å².